The van der Waals surface area contributed by atoms with Crippen LogP contribution in [-0.4, -0.2) is 45.2 Å². The average Bonchev–Trinajstić information content (AvgIpc) is 3.44. The molecule has 0 fully saturated rings. The van der Waals surface area contributed by atoms with Crippen molar-refractivity contribution in [2.45, 2.75) is 27.1 Å². The quantitative estimate of drug-likeness (QED) is 0.334. The largest absolute Gasteiger partial charge is 0.312 e. The second-order valence-electron chi connectivity index (χ2n) is 6.97. The van der Waals surface area contributed by atoms with Gasteiger partial charge in [-0.3, -0.25) is 24.9 Å². The highest BCUT2D eigenvalue weighted by Crippen LogP contribution is 2.21. The first-order valence-electron chi connectivity index (χ1n) is 9.48. The van der Waals surface area contributed by atoms with Crippen LogP contribution < -0.4 is 5.32 Å². The highest BCUT2D eigenvalue weighted by atomic mass is 35.5. The third-order valence-corrected chi connectivity index (χ3v) is 5.10. The number of rotatable bonds is 7. The maximum absolute atomic E-state index is 12.5. The van der Waals surface area contributed by atoms with Crippen LogP contribution in [0.3, 0.4) is 0 Å². The van der Waals surface area contributed by atoms with E-state index < -0.39 is 10.8 Å². The normalized spacial score (nSPS) is 11.0. The molecule has 0 radical (unpaired) electrons. The van der Waals surface area contributed by atoms with Gasteiger partial charge in [-0.05, 0) is 31.5 Å². The van der Waals surface area contributed by atoms with Gasteiger partial charge in [0.2, 0.25) is 5.95 Å². The van der Waals surface area contributed by atoms with Gasteiger partial charge < -0.3 is 0 Å². The lowest BCUT2D eigenvalue weighted by molar-refractivity contribution is -0.386. The van der Waals surface area contributed by atoms with Crippen molar-refractivity contribution in [1.29, 1.82) is 0 Å². The maximum atomic E-state index is 12.5. The number of nitrogens with zero attached hydrogens (tertiary/aromatic N) is 8. The van der Waals surface area contributed by atoms with Crippen molar-refractivity contribution < 1.29 is 9.72 Å². The summed E-state index contributed by atoms with van der Waals surface area (Å²) in [7, 11) is 0. The molecular formula is C19H18ClN9O3. The maximum Gasteiger partial charge on any atom is 0.312 e. The summed E-state index contributed by atoms with van der Waals surface area (Å²) in [6.07, 6.45) is 3.08. The van der Waals surface area contributed by atoms with Crippen molar-refractivity contribution in [3.63, 3.8) is 0 Å². The third-order valence-electron chi connectivity index (χ3n) is 4.73. The van der Waals surface area contributed by atoms with Crippen LogP contribution in [0.4, 0.5) is 11.6 Å². The molecule has 4 rings (SSSR count). The Bertz CT molecular complexity index is 1310. The summed E-state index contributed by atoms with van der Waals surface area (Å²) in [5, 5.41) is 27.0. The molecule has 0 saturated heterocycles. The molecule has 4 aromatic rings. The first-order chi connectivity index (χ1) is 15.3. The van der Waals surface area contributed by atoms with E-state index in [-0.39, 0.29) is 24.0 Å². The minimum absolute atomic E-state index is 0.0337. The van der Waals surface area contributed by atoms with Crippen LogP contribution in [0.15, 0.2) is 42.9 Å². The Balaban J connectivity index is 1.42. The van der Waals surface area contributed by atoms with Crippen molar-refractivity contribution in [3.8, 4) is 0 Å². The van der Waals surface area contributed by atoms with E-state index >= 15 is 0 Å². The fourth-order valence-corrected chi connectivity index (χ4v) is 3.38. The van der Waals surface area contributed by atoms with Gasteiger partial charge in [0.1, 0.15) is 24.4 Å². The Morgan fingerprint density at radius 2 is 1.94 bits per heavy atom. The van der Waals surface area contributed by atoms with E-state index in [0.29, 0.717) is 23.0 Å². The number of hydrogen-bond donors (Lipinski definition) is 1. The Labute approximate surface area is 186 Å². The fraction of sp³-hybridized carbons (Fsp3) is 0.211. The first-order valence-corrected chi connectivity index (χ1v) is 9.85. The number of amides is 1. The molecule has 0 aliphatic heterocycles. The lowest BCUT2D eigenvalue weighted by Crippen LogP contribution is -2.16. The molecule has 12 nitrogen and oxygen atoms in total. The summed E-state index contributed by atoms with van der Waals surface area (Å²) in [5.41, 5.74) is 1.70. The van der Waals surface area contributed by atoms with E-state index in [0.717, 1.165) is 5.56 Å². The summed E-state index contributed by atoms with van der Waals surface area (Å²) < 4.78 is 4.48. The minimum atomic E-state index is -0.487. The zero-order valence-corrected chi connectivity index (χ0v) is 17.9. The number of aryl methyl sites for hydroxylation is 1. The van der Waals surface area contributed by atoms with Gasteiger partial charge in [0.25, 0.3) is 5.91 Å². The highest BCUT2D eigenvalue weighted by molar-refractivity contribution is 6.31. The number of aromatic nitrogens is 7. The molecular weight excluding hydrogens is 438 g/mol. The molecule has 32 heavy (non-hydrogen) atoms. The molecule has 1 N–H and O–H groups in total. The molecule has 1 amide bonds. The van der Waals surface area contributed by atoms with Crippen LogP contribution in [0.2, 0.25) is 5.02 Å². The molecule has 1 aromatic carbocycles. The highest BCUT2D eigenvalue weighted by Gasteiger charge is 2.22. The predicted molar refractivity (Wildman–Crippen MR) is 115 cm³/mol. The zero-order valence-electron chi connectivity index (χ0n) is 17.1. The fourth-order valence-electron chi connectivity index (χ4n) is 3.18. The summed E-state index contributed by atoms with van der Waals surface area (Å²) in [6, 6.07) is 8.91. The molecule has 0 bridgehead atoms. The van der Waals surface area contributed by atoms with Crippen molar-refractivity contribution in [1.82, 2.24) is 34.3 Å². The SMILES string of the molecule is Cc1nn(Cn2ccc(C(=O)Nc3ncn(Cc4ccccc4Cl)n3)n2)c(C)c1[N+](=O)[O-]. The predicted octanol–water partition coefficient (Wildman–Crippen LogP) is 2.66. The zero-order chi connectivity index (χ0) is 22.8. The van der Waals surface area contributed by atoms with Gasteiger partial charge in [0.15, 0.2) is 5.69 Å². The minimum Gasteiger partial charge on any atom is -0.288 e. The van der Waals surface area contributed by atoms with Crippen molar-refractivity contribution in [2.75, 3.05) is 5.32 Å². The number of carbonyl (C=O) groups excluding carboxylic acids is 1. The Kier molecular flexibility index (Phi) is 5.69. The van der Waals surface area contributed by atoms with Crippen LogP contribution >= 0.6 is 11.6 Å². The average molecular weight is 456 g/mol. The van der Waals surface area contributed by atoms with E-state index in [4.69, 9.17) is 11.6 Å². The summed E-state index contributed by atoms with van der Waals surface area (Å²) >= 11 is 6.16. The number of carbonyl (C=O) groups is 1. The molecule has 0 atom stereocenters. The summed E-state index contributed by atoms with van der Waals surface area (Å²) in [6.45, 7) is 3.71. The van der Waals surface area contributed by atoms with Gasteiger partial charge in [-0.1, -0.05) is 29.8 Å². The van der Waals surface area contributed by atoms with Gasteiger partial charge in [0, 0.05) is 11.2 Å². The van der Waals surface area contributed by atoms with Crippen LogP contribution in [0.5, 0.6) is 0 Å². The molecule has 0 aliphatic rings. The van der Waals surface area contributed by atoms with Crippen LogP contribution in [-0.2, 0) is 13.2 Å². The van der Waals surface area contributed by atoms with Gasteiger partial charge in [-0.25, -0.2) is 14.3 Å². The first kappa shape index (κ1) is 21.2. The van der Waals surface area contributed by atoms with Crippen LogP contribution in [0.25, 0.3) is 0 Å². The molecule has 0 spiro atoms. The monoisotopic (exact) mass is 455 g/mol. The number of nitrogens with one attached hydrogen (secondary N) is 1. The molecule has 0 unspecified atom stereocenters. The Morgan fingerprint density at radius 1 is 1.16 bits per heavy atom. The third kappa shape index (κ3) is 4.34. The second-order valence-corrected chi connectivity index (χ2v) is 7.38. The number of hydrogen-bond acceptors (Lipinski definition) is 7. The molecule has 13 heteroatoms. The molecule has 0 saturated carbocycles. The van der Waals surface area contributed by atoms with E-state index in [1.165, 1.54) is 21.8 Å². The number of benzene rings is 1. The van der Waals surface area contributed by atoms with E-state index in [9.17, 15) is 14.9 Å². The second kappa shape index (κ2) is 8.59. The van der Waals surface area contributed by atoms with Crippen LogP contribution in [0.1, 0.15) is 27.4 Å². The Morgan fingerprint density at radius 3 is 2.66 bits per heavy atom. The molecule has 0 aliphatic carbocycles. The van der Waals surface area contributed by atoms with E-state index in [1.54, 1.807) is 30.8 Å². The van der Waals surface area contributed by atoms with Gasteiger partial charge in [-0.15, -0.1) is 5.10 Å². The molecule has 3 aromatic heterocycles. The summed E-state index contributed by atoms with van der Waals surface area (Å²) in [4.78, 5) is 27.3. The molecule has 3 heterocycles. The van der Waals surface area contributed by atoms with Gasteiger partial charge in [0.05, 0.1) is 11.5 Å². The standard InChI is InChI=1S/C19H18ClN9O3/c1-12-17(29(31)32)13(2)28(23-12)11-26-8-7-16(24-26)18(30)22-19-21-10-27(25-19)9-14-5-3-4-6-15(14)20/h3-8,10H,9,11H2,1-2H3,(H,22,25,30). The van der Waals surface area contributed by atoms with Crippen molar-refractivity contribution >= 4 is 29.1 Å². The van der Waals surface area contributed by atoms with Gasteiger partial charge in [-0.2, -0.15) is 10.2 Å². The van der Waals surface area contributed by atoms with Crippen molar-refractivity contribution in [2.24, 2.45) is 0 Å². The Hall–Kier alpha value is -4.06. The van der Waals surface area contributed by atoms with Crippen molar-refractivity contribution in [3.05, 3.63) is 80.6 Å². The van der Waals surface area contributed by atoms with E-state index in [1.807, 2.05) is 18.2 Å². The van der Waals surface area contributed by atoms with E-state index in [2.05, 4.69) is 25.6 Å². The lowest BCUT2D eigenvalue weighted by Gasteiger charge is -2.04. The van der Waals surface area contributed by atoms with Gasteiger partial charge >= 0.3 is 5.69 Å². The number of nitro groups is 1. The lowest BCUT2D eigenvalue weighted by atomic mass is 10.2. The smallest absolute Gasteiger partial charge is 0.288 e. The number of anilines is 1. The van der Waals surface area contributed by atoms with Crippen LogP contribution in [0, 0.1) is 24.0 Å². The summed E-state index contributed by atoms with van der Waals surface area (Å²) in [5.74, 6) is -0.357. The topological polar surface area (TPSA) is 139 Å². The number of halogens is 1. The molecule has 164 valence electrons.